The minimum absolute atomic E-state index is 0.375. The topological polar surface area (TPSA) is 26.8 Å². The molecule has 1 aromatic rings. The number of carbonyl (C=O) groups is 1. The van der Waals surface area contributed by atoms with Gasteiger partial charge in [-0.05, 0) is 71.3 Å². The number of hydrogen-bond donors (Lipinski definition) is 0. The van der Waals surface area contributed by atoms with Gasteiger partial charge >= 0.3 is 0 Å². The third-order valence-corrected chi connectivity index (χ3v) is 7.71. The van der Waals surface area contributed by atoms with Gasteiger partial charge < -0.3 is 14.7 Å². The van der Waals surface area contributed by atoms with Crippen molar-refractivity contribution in [1.82, 2.24) is 14.7 Å². The van der Waals surface area contributed by atoms with Gasteiger partial charge in [0.1, 0.15) is 0 Å². The third-order valence-electron chi connectivity index (χ3n) is 7.71. The zero-order valence-corrected chi connectivity index (χ0v) is 18.4. The van der Waals surface area contributed by atoms with Crippen molar-refractivity contribution in [3.63, 3.8) is 0 Å². The highest BCUT2D eigenvalue weighted by Crippen LogP contribution is 2.39. The Morgan fingerprint density at radius 3 is 2.52 bits per heavy atom. The highest BCUT2D eigenvalue weighted by atomic mass is 16.2. The summed E-state index contributed by atoms with van der Waals surface area (Å²) < 4.78 is 0. The van der Waals surface area contributed by atoms with Crippen molar-refractivity contribution in [3.05, 3.63) is 35.9 Å². The predicted molar refractivity (Wildman–Crippen MR) is 119 cm³/mol. The number of benzene rings is 1. The Balaban J connectivity index is 1.48. The Morgan fingerprint density at radius 1 is 1.03 bits per heavy atom. The first-order chi connectivity index (χ1) is 14.1. The van der Waals surface area contributed by atoms with Crippen LogP contribution in [0.25, 0.3) is 0 Å². The monoisotopic (exact) mass is 397 g/mol. The number of carbonyl (C=O) groups excluding carboxylic acids is 1. The molecule has 4 nitrogen and oxygen atoms in total. The molecular weight excluding hydrogens is 358 g/mol. The minimum atomic E-state index is 0.375. The van der Waals surface area contributed by atoms with Crippen LogP contribution in [0.4, 0.5) is 0 Å². The number of rotatable bonds is 5. The van der Waals surface area contributed by atoms with Crippen LogP contribution in [0.1, 0.15) is 69.8 Å². The Bertz CT molecular complexity index is 657. The number of likely N-dealkylation sites (tertiary alicyclic amines) is 3. The largest absolute Gasteiger partial charge is 0.337 e. The first-order valence-corrected chi connectivity index (χ1v) is 11.9. The lowest BCUT2D eigenvalue weighted by Crippen LogP contribution is -2.47. The van der Waals surface area contributed by atoms with Crippen LogP contribution in [-0.4, -0.2) is 72.0 Å². The number of likely N-dealkylation sites (N-methyl/N-ethyl adjacent to an activating group) is 1. The van der Waals surface area contributed by atoms with Gasteiger partial charge in [-0.3, -0.25) is 4.79 Å². The molecular formula is C25H39N3O. The SMILES string of the molecule is CC(CCC(=O)N1C[C@@H](c2ccccc2)[C@H]2[C@H]1CCCCCN2C)N1CCCC1. The van der Waals surface area contributed by atoms with Crippen molar-refractivity contribution < 1.29 is 4.79 Å². The Labute approximate surface area is 177 Å². The maximum Gasteiger partial charge on any atom is 0.222 e. The van der Waals surface area contributed by atoms with Gasteiger partial charge in [-0.25, -0.2) is 0 Å². The van der Waals surface area contributed by atoms with Crippen LogP contribution in [0.5, 0.6) is 0 Å². The van der Waals surface area contributed by atoms with Crippen LogP contribution in [0.15, 0.2) is 30.3 Å². The molecule has 1 aromatic carbocycles. The first-order valence-electron chi connectivity index (χ1n) is 11.9. The molecule has 29 heavy (non-hydrogen) atoms. The van der Waals surface area contributed by atoms with Gasteiger partial charge in [0.25, 0.3) is 0 Å². The summed E-state index contributed by atoms with van der Waals surface area (Å²) in [5, 5.41) is 0. The summed E-state index contributed by atoms with van der Waals surface area (Å²) in [6, 6.07) is 12.3. The quantitative estimate of drug-likeness (QED) is 0.748. The molecule has 160 valence electrons. The van der Waals surface area contributed by atoms with E-state index in [0.717, 1.165) is 25.9 Å². The van der Waals surface area contributed by atoms with Crippen LogP contribution in [-0.2, 0) is 4.79 Å². The van der Waals surface area contributed by atoms with Crippen LogP contribution in [0.2, 0.25) is 0 Å². The van der Waals surface area contributed by atoms with E-state index >= 15 is 0 Å². The Hall–Kier alpha value is -1.39. The average Bonchev–Trinajstić information content (AvgIpc) is 3.39. The van der Waals surface area contributed by atoms with Crippen molar-refractivity contribution in [2.45, 2.75) is 82.3 Å². The summed E-state index contributed by atoms with van der Waals surface area (Å²) >= 11 is 0. The third kappa shape index (κ3) is 4.69. The summed E-state index contributed by atoms with van der Waals surface area (Å²) in [5.41, 5.74) is 1.40. The van der Waals surface area contributed by atoms with Gasteiger partial charge in [-0.1, -0.05) is 43.2 Å². The molecule has 1 amide bonds. The van der Waals surface area contributed by atoms with E-state index in [9.17, 15) is 4.79 Å². The van der Waals surface area contributed by atoms with Crippen LogP contribution < -0.4 is 0 Å². The fourth-order valence-electron chi connectivity index (χ4n) is 6.01. The molecule has 0 saturated carbocycles. The molecule has 0 bridgehead atoms. The molecule has 3 saturated heterocycles. The van der Waals surface area contributed by atoms with E-state index in [1.54, 1.807) is 0 Å². The van der Waals surface area contributed by atoms with Crippen molar-refractivity contribution >= 4 is 5.91 Å². The van der Waals surface area contributed by atoms with E-state index in [1.165, 1.54) is 50.8 Å². The molecule has 1 unspecified atom stereocenters. The lowest BCUT2D eigenvalue weighted by atomic mass is 9.87. The summed E-state index contributed by atoms with van der Waals surface area (Å²) in [6.45, 7) is 6.77. The first kappa shape index (κ1) is 20.9. The van der Waals surface area contributed by atoms with Crippen molar-refractivity contribution in [1.29, 1.82) is 0 Å². The van der Waals surface area contributed by atoms with E-state index < -0.39 is 0 Å². The lowest BCUT2D eigenvalue weighted by Gasteiger charge is -2.37. The molecule has 0 aliphatic carbocycles. The molecule has 0 aromatic heterocycles. The second-order valence-corrected chi connectivity index (χ2v) is 9.58. The molecule has 4 atom stereocenters. The molecule has 4 rings (SSSR count). The summed E-state index contributed by atoms with van der Waals surface area (Å²) in [4.78, 5) is 20.8. The molecule has 3 fully saturated rings. The molecule has 3 heterocycles. The zero-order chi connectivity index (χ0) is 20.2. The van der Waals surface area contributed by atoms with Crippen molar-refractivity contribution in [2.24, 2.45) is 0 Å². The fraction of sp³-hybridized carbons (Fsp3) is 0.720. The van der Waals surface area contributed by atoms with Gasteiger partial charge in [0, 0.05) is 37.0 Å². The number of nitrogens with zero attached hydrogens (tertiary/aromatic N) is 3. The standard InChI is InChI=1S/C25H39N3O/c1-20(27-17-9-10-18-27)14-15-24(29)28-19-22(21-11-5-3-6-12-21)25-23(28)13-7-4-8-16-26(25)2/h3,5-6,11-12,20,22-23,25H,4,7-10,13-19H2,1-2H3/t20?,22-,23+,25-/m0/s1. The Kier molecular flexibility index (Phi) is 6.92. The molecule has 3 aliphatic heterocycles. The molecule has 0 spiro atoms. The van der Waals surface area contributed by atoms with Gasteiger partial charge in [0.05, 0.1) is 0 Å². The van der Waals surface area contributed by atoms with Crippen molar-refractivity contribution in [3.8, 4) is 0 Å². The van der Waals surface area contributed by atoms with E-state index in [4.69, 9.17) is 0 Å². The molecule has 4 heteroatoms. The van der Waals surface area contributed by atoms with Gasteiger partial charge in [0.15, 0.2) is 0 Å². The second kappa shape index (κ2) is 9.61. The maximum absolute atomic E-state index is 13.4. The molecule has 0 radical (unpaired) electrons. The summed E-state index contributed by atoms with van der Waals surface area (Å²) in [7, 11) is 2.28. The molecule has 3 aliphatic rings. The van der Waals surface area contributed by atoms with Gasteiger partial charge in [0.2, 0.25) is 5.91 Å². The van der Waals surface area contributed by atoms with E-state index in [0.29, 0.717) is 36.4 Å². The number of amides is 1. The smallest absolute Gasteiger partial charge is 0.222 e. The lowest BCUT2D eigenvalue weighted by molar-refractivity contribution is -0.133. The number of fused-ring (bicyclic) bond motifs is 1. The predicted octanol–water partition coefficient (Wildman–Crippen LogP) is 4.12. The highest BCUT2D eigenvalue weighted by Gasteiger charge is 2.46. The second-order valence-electron chi connectivity index (χ2n) is 9.58. The minimum Gasteiger partial charge on any atom is -0.337 e. The van der Waals surface area contributed by atoms with E-state index in [1.807, 2.05) is 0 Å². The maximum atomic E-state index is 13.4. The zero-order valence-electron chi connectivity index (χ0n) is 18.4. The summed E-state index contributed by atoms with van der Waals surface area (Å²) in [5.74, 6) is 0.822. The van der Waals surface area contributed by atoms with Crippen molar-refractivity contribution in [2.75, 3.05) is 33.2 Å². The van der Waals surface area contributed by atoms with Crippen LogP contribution in [0, 0.1) is 0 Å². The fourth-order valence-corrected chi connectivity index (χ4v) is 6.01. The van der Waals surface area contributed by atoms with E-state index in [2.05, 4.69) is 59.0 Å². The van der Waals surface area contributed by atoms with Gasteiger partial charge in [-0.2, -0.15) is 0 Å². The summed E-state index contributed by atoms with van der Waals surface area (Å²) in [6.07, 6.45) is 9.32. The highest BCUT2D eigenvalue weighted by molar-refractivity contribution is 5.77. The number of hydrogen-bond acceptors (Lipinski definition) is 3. The van der Waals surface area contributed by atoms with Crippen LogP contribution in [0.3, 0.4) is 0 Å². The average molecular weight is 398 g/mol. The van der Waals surface area contributed by atoms with E-state index in [-0.39, 0.29) is 0 Å². The van der Waals surface area contributed by atoms with Crippen LogP contribution >= 0.6 is 0 Å². The Morgan fingerprint density at radius 2 is 1.76 bits per heavy atom. The normalized spacial score (nSPS) is 30.0. The van der Waals surface area contributed by atoms with Gasteiger partial charge in [-0.15, -0.1) is 0 Å². The molecule has 0 N–H and O–H groups in total.